The minimum Gasteiger partial charge on any atom is -0.382 e. The van der Waals surface area contributed by atoms with Gasteiger partial charge in [0, 0.05) is 5.41 Å². The van der Waals surface area contributed by atoms with Crippen molar-refractivity contribution < 1.29 is 0 Å². The summed E-state index contributed by atoms with van der Waals surface area (Å²) in [4.78, 5) is 4.57. The first kappa shape index (κ1) is 12.9. The van der Waals surface area contributed by atoms with E-state index in [1.54, 1.807) is 0 Å². The molecule has 16 heavy (non-hydrogen) atoms. The van der Waals surface area contributed by atoms with Gasteiger partial charge >= 0.3 is 0 Å². The monoisotopic (exact) mass is 224 g/mol. The van der Waals surface area contributed by atoms with Gasteiger partial charge in [0.1, 0.15) is 11.6 Å². The Balaban J connectivity index is 2.88. The smallest absolute Gasteiger partial charge is 0.146 e. The number of aromatic nitrogens is 2. The number of nitrogens with two attached hydrogens (primary N) is 2. The molecule has 0 unspecified atom stereocenters. The molecule has 0 radical (unpaired) electrons. The van der Waals surface area contributed by atoms with Crippen LogP contribution >= 0.6 is 0 Å². The van der Waals surface area contributed by atoms with Crippen molar-refractivity contribution >= 4 is 5.82 Å². The summed E-state index contributed by atoms with van der Waals surface area (Å²) in [6.07, 6.45) is 4.46. The van der Waals surface area contributed by atoms with Crippen LogP contribution in [0.1, 0.15) is 58.5 Å². The maximum Gasteiger partial charge on any atom is 0.146 e. The quantitative estimate of drug-likeness (QED) is 0.608. The summed E-state index contributed by atoms with van der Waals surface area (Å²) < 4.78 is 1.53. The highest BCUT2D eigenvalue weighted by atomic mass is 15.4. The van der Waals surface area contributed by atoms with Gasteiger partial charge in [-0.2, -0.15) is 0 Å². The van der Waals surface area contributed by atoms with Crippen LogP contribution in [0.25, 0.3) is 0 Å². The third-order valence-corrected chi connectivity index (χ3v) is 2.71. The lowest BCUT2D eigenvalue weighted by Crippen LogP contribution is -2.24. The highest BCUT2D eigenvalue weighted by molar-refractivity contribution is 5.39. The molecule has 4 heteroatoms. The first-order valence-corrected chi connectivity index (χ1v) is 6.00. The molecule has 0 saturated heterocycles. The van der Waals surface area contributed by atoms with Gasteiger partial charge in [0.25, 0.3) is 0 Å². The van der Waals surface area contributed by atoms with Crippen molar-refractivity contribution in [2.45, 2.75) is 58.8 Å². The zero-order valence-electron chi connectivity index (χ0n) is 10.9. The number of hydrogen-bond acceptors (Lipinski definition) is 3. The van der Waals surface area contributed by atoms with Crippen LogP contribution in [-0.2, 0) is 11.8 Å². The summed E-state index contributed by atoms with van der Waals surface area (Å²) in [7, 11) is 0. The van der Waals surface area contributed by atoms with Crippen molar-refractivity contribution in [2.75, 3.05) is 11.6 Å². The summed E-state index contributed by atoms with van der Waals surface area (Å²) in [5.74, 6) is 7.39. The first-order chi connectivity index (χ1) is 7.38. The Kier molecular flexibility index (Phi) is 3.83. The third-order valence-electron chi connectivity index (χ3n) is 2.71. The zero-order valence-corrected chi connectivity index (χ0v) is 10.9. The molecule has 1 rings (SSSR count). The molecule has 0 aromatic carbocycles. The van der Waals surface area contributed by atoms with Crippen molar-refractivity contribution in [1.82, 2.24) is 9.66 Å². The van der Waals surface area contributed by atoms with Gasteiger partial charge in [-0.05, 0) is 12.8 Å². The third kappa shape index (κ3) is 2.68. The number of aryl methyl sites for hydroxylation is 1. The van der Waals surface area contributed by atoms with Crippen LogP contribution in [0.2, 0.25) is 0 Å². The van der Waals surface area contributed by atoms with E-state index in [4.69, 9.17) is 11.6 Å². The normalized spacial score (nSPS) is 12.0. The Bertz CT molecular complexity index is 347. The average Bonchev–Trinajstić information content (AvgIpc) is 2.45. The van der Waals surface area contributed by atoms with Gasteiger partial charge in [0.05, 0.1) is 5.69 Å². The highest BCUT2D eigenvalue weighted by Gasteiger charge is 2.23. The van der Waals surface area contributed by atoms with Crippen LogP contribution in [0.3, 0.4) is 0 Å². The predicted molar refractivity (Wildman–Crippen MR) is 68.7 cm³/mol. The summed E-state index contributed by atoms with van der Waals surface area (Å²) in [5.41, 5.74) is 6.84. The van der Waals surface area contributed by atoms with Crippen molar-refractivity contribution in [3.63, 3.8) is 0 Å². The minimum atomic E-state index is -0.0636. The first-order valence-electron chi connectivity index (χ1n) is 6.00. The molecule has 0 spiro atoms. The summed E-state index contributed by atoms with van der Waals surface area (Å²) in [6.45, 7) is 8.46. The predicted octanol–water partition coefficient (Wildman–Crippen LogP) is 2.21. The molecule has 92 valence electrons. The van der Waals surface area contributed by atoms with Crippen molar-refractivity contribution in [2.24, 2.45) is 0 Å². The number of nitrogens with zero attached hydrogens (tertiary/aromatic N) is 2. The lowest BCUT2D eigenvalue weighted by Gasteiger charge is -2.17. The van der Waals surface area contributed by atoms with E-state index in [0.29, 0.717) is 5.82 Å². The highest BCUT2D eigenvalue weighted by Crippen LogP contribution is 2.24. The van der Waals surface area contributed by atoms with Gasteiger partial charge in [-0.25, -0.2) is 9.66 Å². The lowest BCUT2D eigenvalue weighted by atomic mass is 9.96. The van der Waals surface area contributed by atoms with Crippen LogP contribution in [0, 0.1) is 0 Å². The zero-order chi connectivity index (χ0) is 12.3. The van der Waals surface area contributed by atoms with E-state index in [-0.39, 0.29) is 5.41 Å². The van der Waals surface area contributed by atoms with Gasteiger partial charge in [-0.1, -0.05) is 40.5 Å². The molecular weight excluding hydrogens is 200 g/mol. The van der Waals surface area contributed by atoms with E-state index < -0.39 is 0 Å². The number of rotatable bonds is 4. The van der Waals surface area contributed by atoms with Crippen LogP contribution in [0.15, 0.2) is 0 Å². The topological polar surface area (TPSA) is 69.9 Å². The minimum absolute atomic E-state index is 0.0636. The Morgan fingerprint density at radius 1 is 1.25 bits per heavy atom. The van der Waals surface area contributed by atoms with Gasteiger partial charge < -0.3 is 11.6 Å². The molecule has 0 aliphatic heterocycles. The molecule has 1 aromatic heterocycles. The molecule has 4 N–H and O–H groups in total. The standard InChI is InChI=1S/C12H24N4/c1-5-6-7-8-9-10(13)16(14)11(15-9)12(2,3)4/h5-8,13-14H2,1-4H3. The fourth-order valence-electron chi connectivity index (χ4n) is 1.75. The Labute approximate surface area is 98.0 Å². The number of hydrogen-bond donors (Lipinski definition) is 2. The van der Waals surface area contributed by atoms with Crippen LogP contribution in [0.4, 0.5) is 5.82 Å². The van der Waals surface area contributed by atoms with Crippen molar-refractivity contribution in [3.05, 3.63) is 11.5 Å². The Hall–Kier alpha value is -1.19. The van der Waals surface area contributed by atoms with E-state index in [0.717, 1.165) is 24.4 Å². The van der Waals surface area contributed by atoms with Crippen LogP contribution in [0.5, 0.6) is 0 Å². The molecule has 0 aliphatic carbocycles. The van der Waals surface area contributed by atoms with Crippen molar-refractivity contribution in [3.8, 4) is 0 Å². The van der Waals surface area contributed by atoms with E-state index in [1.165, 1.54) is 17.5 Å². The van der Waals surface area contributed by atoms with Crippen LogP contribution < -0.4 is 11.6 Å². The molecule has 1 aromatic rings. The Morgan fingerprint density at radius 2 is 1.88 bits per heavy atom. The largest absolute Gasteiger partial charge is 0.382 e. The number of imidazole rings is 1. The molecule has 0 bridgehead atoms. The van der Waals surface area contributed by atoms with E-state index in [9.17, 15) is 0 Å². The number of nitrogen functional groups attached to an aromatic ring is 2. The molecule has 0 fully saturated rings. The lowest BCUT2D eigenvalue weighted by molar-refractivity contribution is 0.530. The summed E-state index contributed by atoms with van der Waals surface area (Å²) in [5, 5.41) is 0. The van der Waals surface area contributed by atoms with Crippen molar-refractivity contribution in [1.29, 1.82) is 0 Å². The molecule has 1 heterocycles. The number of unbranched alkanes of at least 4 members (excludes halogenated alkanes) is 2. The maximum atomic E-state index is 5.96. The molecular formula is C12H24N4. The van der Waals surface area contributed by atoms with Gasteiger partial charge in [-0.3, -0.25) is 0 Å². The van der Waals surface area contributed by atoms with E-state index >= 15 is 0 Å². The average molecular weight is 224 g/mol. The second-order valence-corrected chi connectivity index (χ2v) is 5.34. The second-order valence-electron chi connectivity index (χ2n) is 5.34. The van der Waals surface area contributed by atoms with E-state index in [1.807, 2.05) is 0 Å². The van der Waals surface area contributed by atoms with Gasteiger partial charge in [-0.15, -0.1) is 0 Å². The van der Waals surface area contributed by atoms with Gasteiger partial charge in [0.2, 0.25) is 0 Å². The fraction of sp³-hybridized carbons (Fsp3) is 0.750. The van der Waals surface area contributed by atoms with E-state index in [2.05, 4.69) is 32.7 Å². The van der Waals surface area contributed by atoms with Crippen LogP contribution in [-0.4, -0.2) is 9.66 Å². The molecule has 0 aliphatic rings. The molecule has 4 nitrogen and oxygen atoms in total. The number of anilines is 1. The second kappa shape index (κ2) is 4.76. The SMILES string of the molecule is CCCCCc1nc(C(C)(C)C)n(N)c1N. The summed E-state index contributed by atoms with van der Waals surface area (Å²) in [6, 6.07) is 0. The summed E-state index contributed by atoms with van der Waals surface area (Å²) >= 11 is 0. The molecule has 0 amide bonds. The van der Waals surface area contributed by atoms with Gasteiger partial charge in [0.15, 0.2) is 0 Å². The Morgan fingerprint density at radius 3 is 2.31 bits per heavy atom. The molecule has 0 saturated carbocycles. The maximum absolute atomic E-state index is 5.96. The molecule has 0 atom stereocenters. The fourth-order valence-corrected chi connectivity index (χ4v) is 1.75.